The van der Waals surface area contributed by atoms with Crippen molar-refractivity contribution in [1.29, 1.82) is 0 Å². The molecule has 0 aliphatic carbocycles. The van der Waals surface area contributed by atoms with Crippen LogP contribution in [0.25, 0.3) is 11.3 Å². The summed E-state index contributed by atoms with van der Waals surface area (Å²) in [6.07, 6.45) is 0.414. The topological polar surface area (TPSA) is 108 Å². The molecular weight excluding hydrogens is 258 g/mol. The highest BCUT2D eigenvalue weighted by Gasteiger charge is 2.13. The van der Waals surface area contributed by atoms with E-state index in [9.17, 15) is 9.59 Å². The van der Waals surface area contributed by atoms with E-state index in [0.29, 0.717) is 17.8 Å². The summed E-state index contributed by atoms with van der Waals surface area (Å²) in [5.74, 6) is -1.01. The second-order valence-corrected chi connectivity index (χ2v) is 4.29. The molecule has 0 saturated carbocycles. The highest BCUT2D eigenvalue weighted by atomic mass is 16.4. The molecule has 0 bridgehead atoms. The minimum atomic E-state index is -1.07. The minimum absolute atomic E-state index is 0.0448. The zero-order chi connectivity index (χ0) is 14.7. The normalized spacial score (nSPS) is 10.2. The molecule has 1 amide bonds. The number of H-pyrrole nitrogens is 1. The third-order valence-corrected chi connectivity index (χ3v) is 2.88. The number of aromatic carboxylic acids is 1. The van der Waals surface area contributed by atoms with E-state index < -0.39 is 5.97 Å². The standard InChI is InChI=1S/C14H15N3O3/c1-2-12(18)16-9-5-3-8(4-6-9)11-7-10(14(19)20)13(15)17-11/h3-7,17H,2,15H2,1H3,(H,16,18)(H,19,20). The molecule has 1 aromatic heterocycles. The molecule has 104 valence electrons. The van der Waals surface area contributed by atoms with E-state index in [1.807, 2.05) is 0 Å². The second-order valence-electron chi connectivity index (χ2n) is 4.29. The van der Waals surface area contributed by atoms with Crippen molar-refractivity contribution in [3.8, 4) is 11.3 Å². The molecule has 20 heavy (non-hydrogen) atoms. The van der Waals surface area contributed by atoms with Crippen LogP contribution in [0.2, 0.25) is 0 Å². The molecule has 0 aliphatic heterocycles. The molecule has 0 saturated heterocycles. The van der Waals surface area contributed by atoms with Crippen LogP contribution in [-0.2, 0) is 4.79 Å². The number of aromatic amines is 1. The van der Waals surface area contributed by atoms with Crippen molar-refractivity contribution >= 4 is 23.4 Å². The summed E-state index contributed by atoms with van der Waals surface area (Å²) in [6.45, 7) is 1.78. The Morgan fingerprint density at radius 1 is 1.30 bits per heavy atom. The Labute approximate surface area is 115 Å². The molecule has 6 heteroatoms. The van der Waals surface area contributed by atoms with Crippen LogP contribution >= 0.6 is 0 Å². The number of hydrogen-bond acceptors (Lipinski definition) is 3. The monoisotopic (exact) mass is 273 g/mol. The first-order valence-corrected chi connectivity index (χ1v) is 6.13. The molecule has 2 rings (SSSR count). The van der Waals surface area contributed by atoms with Crippen LogP contribution in [0, 0.1) is 0 Å². The number of benzene rings is 1. The van der Waals surface area contributed by atoms with Crippen LogP contribution in [0.15, 0.2) is 30.3 Å². The van der Waals surface area contributed by atoms with Crippen LogP contribution in [0.3, 0.4) is 0 Å². The summed E-state index contributed by atoms with van der Waals surface area (Å²) >= 11 is 0. The molecule has 2 aromatic rings. The smallest absolute Gasteiger partial charge is 0.339 e. The summed E-state index contributed by atoms with van der Waals surface area (Å²) in [5, 5.41) is 11.7. The number of hydrogen-bond donors (Lipinski definition) is 4. The van der Waals surface area contributed by atoms with Crippen molar-refractivity contribution < 1.29 is 14.7 Å². The van der Waals surface area contributed by atoms with Crippen molar-refractivity contribution in [2.45, 2.75) is 13.3 Å². The number of nitrogens with two attached hydrogens (primary N) is 1. The number of carboxylic acid groups (broad SMARTS) is 1. The Balaban J connectivity index is 2.24. The number of carbonyl (C=O) groups is 2. The van der Waals surface area contributed by atoms with Gasteiger partial charge in [0.1, 0.15) is 11.4 Å². The fourth-order valence-electron chi connectivity index (χ4n) is 1.79. The van der Waals surface area contributed by atoms with E-state index in [0.717, 1.165) is 5.56 Å². The maximum atomic E-state index is 11.3. The van der Waals surface area contributed by atoms with Crippen molar-refractivity contribution in [3.05, 3.63) is 35.9 Å². The van der Waals surface area contributed by atoms with Crippen molar-refractivity contribution in [2.75, 3.05) is 11.1 Å². The first-order chi connectivity index (χ1) is 9.51. The van der Waals surface area contributed by atoms with E-state index in [2.05, 4.69) is 10.3 Å². The third-order valence-electron chi connectivity index (χ3n) is 2.88. The van der Waals surface area contributed by atoms with Gasteiger partial charge in [-0.05, 0) is 23.8 Å². The number of amides is 1. The van der Waals surface area contributed by atoms with Gasteiger partial charge < -0.3 is 21.1 Å². The first-order valence-electron chi connectivity index (χ1n) is 6.13. The Hall–Kier alpha value is -2.76. The molecule has 0 radical (unpaired) electrons. The maximum absolute atomic E-state index is 11.3. The lowest BCUT2D eigenvalue weighted by atomic mass is 10.1. The molecule has 0 spiro atoms. The number of aromatic nitrogens is 1. The highest BCUT2D eigenvalue weighted by Crippen LogP contribution is 2.24. The Morgan fingerprint density at radius 2 is 1.95 bits per heavy atom. The molecule has 5 N–H and O–H groups in total. The van der Waals surface area contributed by atoms with Gasteiger partial charge in [-0.1, -0.05) is 19.1 Å². The summed E-state index contributed by atoms with van der Waals surface area (Å²) in [4.78, 5) is 25.0. The summed E-state index contributed by atoms with van der Waals surface area (Å²) < 4.78 is 0. The predicted molar refractivity (Wildman–Crippen MR) is 76.5 cm³/mol. The van der Waals surface area contributed by atoms with E-state index in [1.165, 1.54) is 6.07 Å². The van der Waals surface area contributed by atoms with Gasteiger partial charge in [0.25, 0.3) is 0 Å². The number of nitrogens with one attached hydrogen (secondary N) is 2. The van der Waals surface area contributed by atoms with Crippen LogP contribution in [-0.4, -0.2) is 22.0 Å². The van der Waals surface area contributed by atoms with Crippen molar-refractivity contribution in [2.24, 2.45) is 0 Å². The average molecular weight is 273 g/mol. The fourth-order valence-corrected chi connectivity index (χ4v) is 1.79. The average Bonchev–Trinajstić information content (AvgIpc) is 2.81. The number of rotatable bonds is 4. The van der Waals surface area contributed by atoms with Gasteiger partial charge in [0.15, 0.2) is 0 Å². The van der Waals surface area contributed by atoms with Crippen LogP contribution in [0.4, 0.5) is 11.5 Å². The van der Waals surface area contributed by atoms with Gasteiger partial charge in [-0.25, -0.2) is 4.79 Å². The van der Waals surface area contributed by atoms with Gasteiger partial charge in [0, 0.05) is 17.8 Å². The van der Waals surface area contributed by atoms with Crippen LogP contribution < -0.4 is 11.1 Å². The van der Waals surface area contributed by atoms with Gasteiger partial charge in [0.2, 0.25) is 5.91 Å². The maximum Gasteiger partial charge on any atom is 0.339 e. The molecule has 0 fully saturated rings. The molecule has 0 aliphatic rings. The predicted octanol–water partition coefficient (Wildman–Crippen LogP) is 2.31. The highest BCUT2D eigenvalue weighted by molar-refractivity contribution is 5.95. The van der Waals surface area contributed by atoms with E-state index in [-0.39, 0.29) is 17.3 Å². The number of carbonyl (C=O) groups excluding carboxylic acids is 1. The Bertz CT molecular complexity index is 644. The van der Waals surface area contributed by atoms with E-state index >= 15 is 0 Å². The molecule has 6 nitrogen and oxygen atoms in total. The molecular formula is C14H15N3O3. The van der Waals surface area contributed by atoms with Crippen molar-refractivity contribution in [1.82, 2.24) is 4.98 Å². The molecule has 0 unspecified atom stereocenters. The lowest BCUT2D eigenvalue weighted by Crippen LogP contribution is -2.08. The first kappa shape index (κ1) is 13.7. The Kier molecular flexibility index (Phi) is 3.74. The number of carboxylic acids is 1. The molecule has 1 heterocycles. The summed E-state index contributed by atoms with van der Waals surface area (Å²) in [6, 6.07) is 8.54. The summed E-state index contributed by atoms with van der Waals surface area (Å²) in [5.41, 5.74) is 7.75. The molecule has 0 atom stereocenters. The van der Waals surface area contributed by atoms with Gasteiger partial charge >= 0.3 is 5.97 Å². The van der Waals surface area contributed by atoms with E-state index in [4.69, 9.17) is 10.8 Å². The zero-order valence-corrected chi connectivity index (χ0v) is 10.9. The SMILES string of the molecule is CCC(=O)Nc1ccc(-c2cc(C(=O)O)c(N)[nH]2)cc1. The van der Waals surface area contributed by atoms with Gasteiger partial charge in [-0.3, -0.25) is 4.79 Å². The van der Waals surface area contributed by atoms with Crippen LogP contribution in [0.5, 0.6) is 0 Å². The number of nitrogen functional groups attached to an aromatic ring is 1. The van der Waals surface area contributed by atoms with Gasteiger partial charge in [0.05, 0.1) is 0 Å². The lowest BCUT2D eigenvalue weighted by Gasteiger charge is -2.04. The van der Waals surface area contributed by atoms with Crippen LogP contribution in [0.1, 0.15) is 23.7 Å². The third kappa shape index (κ3) is 2.80. The second kappa shape index (κ2) is 5.48. The zero-order valence-electron chi connectivity index (χ0n) is 10.9. The minimum Gasteiger partial charge on any atom is -0.478 e. The summed E-state index contributed by atoms with van der Waals surface area (Å²) in [7, 11) is 0. The van der Waals surface area contributed by atoms with Crippen molar-refractivity contribution in [3.63, 3.8) is 0 Å². The quantitative estimate of drug-likeness (QED) is 0.685. The molecule has 1 aromatic carbocycles. The van der Waals surface area contributed by atoms with E-state index in [1.54, 1.807) is 31.2 Å². The van der Waals surface area contributed by atoms with Gasteiger partial charge in [-0.2, -0.15) is 0 Å². The number of anilines is 2. The largest absolute Gasteiger partial charge is 0.478 e. The Morgan fingerprint density at radius 3 is 2.45 bits per heavy atom. The van der Waals surface area contributed by atoms with Gasteiger partial charge in [-0.15, -0.1) is 0 Å². The lowest BCUT2D eigenvalue weighted by molar-refractivity contribution is -0.115. The fraction of sp³-hybridized carbons (Fsp3) is 0.143.